The van der Waals surface area contributed by atoms with Crippen LogP contribution in [0.2, 0.25) is 5.02 Å². The molecule has 25 heavy (non-hydrogen) atoms. The minimum Gasteiger partial charge on any atom is -0.464 e. The summed E-state index contributed by atoms with van der Waals surface area (Å²) in [7, 11) is 0. The SMILES string of the molecule is Cc1cc2occ(CC(=O)Oc3ccc4ccccc4c3)c2cc1Cl. The summed E-state index contributed by atoms with van der Waals surface area (Å²) in [4.78, 5) is 12.3. The quantitative estimate of drug-likeness (QED) is 0.351. The van der Waals surface area contributed by atoms with Crippen LogP contribution < -0.4 is 4.74 Å². The van der Waals surface area contributed by atoms with Gasteiger partial charge >= 0.3 is 5.97 Å². The van der Waals surface area contributed by atoms with Gasteiger partial charge in [0, 0.05) is 16.0 Å². The fourth-order valence-electron chi connectivity index (χ4n) is 2.89. The monoisotopic (exact) mass is 350 g/mol. The number of fused-ring (bicyclic) bond motifs is 2. The third-order valence-corrected chi connectivity index (χ3v) is 4.63. The number of hydrogen-bond donors (Lipinski definition) is 0. The largest absolute Gasteiger partial charge is 0.464 e. The van der Waals surface area contributed by atoms with Crippen LogP contribution in [-0.2, 0) is 11.2 Å². The first-order valence-electron chi connectivity index (χ1n) is 7.96. The molecule has 0 unspecified atom stereocenters. The van der Waals surface area contributed by atoms with Crippen molar-refractivity contribution in [2.75, 3.05) is 0 Å². The summed E-state index contributed by atoms with van der Waals surface area (Å²) >= 11 is 6.18. The first-order chi connectivity index (χ1) is 12.1. The zero-order valence-electron chi connectivity index (χ0n) is 13.6. The average Bonchev–Trinajstić information content (AvgIpc) is 2.97. The molecule has 124 valence electrons. The molecule has 3 aromatic carbocycles. The minimum absolute atomic E-state index is 0.124. The molecular weight excluding hydrogens is 336 g/mol. The van der Waals surface area contributed by atoms with E-state index in [1.54, 1.807) is 12.3 Å². The van der Waals surface area contributed by atoms with E-state index >= 15 is 0 Å². The molecule has 0 bridgehead atoms. The molecule has 0 aliphatic rings. The van der Waals surface area contributed by atoms with E-state index < -0.39 is 0 Å². The van der Waals surface area contributed by atoms with E-state index in [1.165, 1.54) is 0 Å². The number of hydrogen-bond acceptors (Lipinski definition) is 3. The van der Waals surface area contributed by atoms with Gasteiger partial charge in [0.25, 0.3) is 0 Å². The first kappa shape index (κ1) is 15.7. The van der Waals surface area contributed by atoms with Crippen LogP contribution in [0.5, 0.6) is 5.75 Å². The van der Waals surface area contributed by atoms with Gasteiger partial charge in [-0.1, -0.05) is 41.9 Å². The molecule has 1 heterocycles. The molecule has 0 aliphatic heterocycles. The molecular formula is C21H15ClO3. The molecule has 1 aromatic heterocycles. The normalized spacial score (nSPS) is 11.1. The van der Waals surface area contributed by atoms with Gasteiger partial charge in [-0.25, -0.2) is 0 Å². The number of furan rings is 1. The third kappa shape index (κ3) is 3.11. The van der Waals surface area contributed by atoms with Crippen molar-refractivity contribution in [2.24, 2.45) is 0 Å². The van der Waals surface area contributed by atoms with Crippen molar-refractivity contribution in [3.05, 3.63) is 77.0 Å². The molecule has 4 rings (SSSR count). The van der Waals surface area contributed by atoms with Crippen molar-refractivity contribution < 1.29 is 13.9 Å². The van der Waals surface area contributed by atoms with Gasteiger partial charge in [0.05, 0.1) is 12.7 Å². The summed E-state index contributed by atoms with van der Waals surface area (Å²) in [5.41, 5.74) is 2.42. The van der Waals surface area contributed by atoms with Gasteiger partial charge < -0.3 is 9.15 Å². The third-order valence-electron chi connectivity index (χ3n) is 4.22. The number of carbonyl (C=O) groups is 1. The molecule has 0 aliphatic carbocycles. The Labute approximate surface area is 149 Å². The van der Waals surface area contributed by atoms with Crippen LogP contribution in [-0.4, -0.2) is 5.97 Å². The number of benzene rings is 3. The molecule has 0 spiro atoms. The van der Waals surface area contributed by atoms with Crippen LogP contribution in [0.3, 0.4) is 0 Å². The predicted octanol–water partition coefficient (Wildman–Crippen LogP) is 5.70. The highest BCUT2D eigenvalue weighted by Crippen LogP contribution is 2.28. The summed E-state index contributed by atoms with van der Waals surface area (Å²) in [5.74, 6) is 0.194. The first-order valence-corrected chi connectivity index (χ1v) is 8.34. The van der Waals surface area contributed by atoms with Crippen LogP contribution >= 0.6 is 11.6 Å². The summed E-state index contributed by atoms with van der Waals surface area (Å²) in [6, 6.07) is 17.2. The lowest BCUT2D eigenvalue weighted by atomic mass is 10.1. The number of carbonyl (C=O) groups excluding carboxylic acids is 1. The lowest BCUT2D eigenvalue weighted by molar-refractivity contribution is -0.133. The van der Waals surface area contributed by atoms with Crippen molar-refractivity contribution in [2.45, 2.75) is 13.3 Å². The van der Waals surface area contributed by atoms with Gasteiger partial charge in [-0.2, -0.15) is 0 Å². The van der Waals surface area contributed by atoms with Gasteiger partial charge in [-0.3, -0.25) is 4.79 Å². The Hall–Kier alpha value is -2.78. The zero-order valence-corrected chi connectivity index (χ0v) is 14.3. The Morgan fingerprint density at radius 1 is 1.08 bits per heavy atom. The van der Waals surface area contributed by atoms with Gasteiger partial charge in [0.15, 0.2) is 0 Å². The lowest BCUT2D eigenvalue weighted by Gasteiger charge is -2.05. The van der Waals surface area contributed by atoms with Gasteiger partial charge in [0.2, 0.25) is 0 Å². The van der Waals surface area contributed by atoms with E-state index in [4.69, 9.17) is 20.8 Å². The Morgan fingerprint density at radius 3 is 2.72 bits per heavy atom. The Bertz CT molecular complexity index is 1090. The molecule has 4 heteroatoms. The van der Waals surface area contributed by atoms with E-state index in [2.05, 4.69) is 0 Å². The second-order valence-electron chi connectivity index (χ2n) is 6.02. The number of halogens is 1. The molecule has 0 saturated heterocycles. The molecule has 4 aromatic rings. The van der Waals surface area contributed by atoms with E-state index in [9.17, 15) is 4.79 Å². The predicted molar refractivity (Wildman–Crippen MR) is 99.2 cm³/mol. The zero-order chi connectivity index (χ0) is 17.4. The maximum Gasteiger partial charge on any atom is 0.315 e. The fourth-order valence-corrected chi connectivity index (χ4v) is 3.06. The maximum absolute atomic E-state index is 12.3. The van der Waals surface area contributed by atoms with E-state index in [0.29, 0.717) is 10.8 Å². The standard InChI is InChI=1S/C21H15ClO3/c1-13-8-20-18(11-19(13)22)16(12-24-20)10-21(23)25-17-7-6-14-4-2-3-5-15(14)9-17/h2-9,11-12H,10H2,1H3. The van der Waals surface area contributed by atoms with Crippen LogP contribution in [0, 0.1) is 6.92 Å². The van der Waals surface area contributed by atoms with Crippen LogP contribution in [0.15, 0.2) is 65.3 Å². The Kier molecular flexibility index (Phi) is 3.94. The molecule has 0 N–H and O–H groups in total. The van der Waals surface area contributed by atoms with Gasteiger partial charge in [-0.05, 0) is 47.5 Å². The molecule has 0 radical (unpaired) electrons. The lowest BCUT2D eigenvalue weighted by Crippen LogP contribution is -2.10. The molecule has 3 nitrogen and oxygen atoms in total. The van der Waals surface area contributed by atoms with Gasteiger partial charge in [0.1, 0.15) is 11.3 Å². The Morgan fingerprint density at radius 2 is 1.88 bits per heavy atom. The van der Waals surface area contributed by atoms with E-state index in [1.807, 2.05) is 55.5 Å². The molecule has 0 amide bonds. The second kappa shape index (κ2) is 6.26. The summed E-state index contributed by atoms with van der Waals surface area (Å²) in [6.45, 7) is 1.91. The molecule has 0 atom stereocenters. The Balaban J connectivity index is 1.56. The van der Waals surface area contributed by atoms with Crippen LogP contribution in [0.1, 0.15) is 11.1 Å². The fraction of sp³-hybridized carbons (Fsp3) is 0.0952. The topological polar surface area (TPSA) is 39.4 Å². The van der Waals surface area contributed by atoms with E-state index in [-0.39, 0.29) is 12.4 Å². The molecule has 0 fully saturated rings. The average molecular weight is 351 g/mol. The number of aryl methyl sites for hydroxylation is 1. The van der Waals surface area contributed by atoms with Crippen molar-refractivity contribution in [3.8, 4) is 5.75 Å². The van der Waals surface area contributed by atoms with Crippen LogP contribution in [0.4, 0.5) is 0 Å². The second-order valence-corrected chi connectivity index (χ2v) is 6.43. The molecule has 0 saturated carbocycles. The number of esters is 1. The smallest absolute Gasteiger partial charge is 0.315 e. The highest BCUT2D eigenvalue weighted by atomic mass is 35.5. The van der Waals surface area contributed by atoms with Gasteiger partial charge in [-0.15, -0.1) is 0 Å². The summed E-state index contributed by atoms with van der Waals surface area (Å²) in [5, 5.41) is 3.63. The van der Waals surface area contributed by atoms with Crippen molar-refractivity contribution >= 4 is 39.3 Å². The van der Waals surface area contributed by atoms with Crippen molar-refractivity contribution in [3.63, 3.8) is 0 Å². The minimum atomic E-state index is -0.338. The highest BCUT2D eigenvalue weighted by molar-refractivity contribution is 6.32. The summed E-state index contributed by atoms with van der Waals surface area (Å²) in [6.07, 6.45) is 1.71. The summed E-state index contributed by atoms with van der Waals surface area (Å²) < 4.78 is 11.0. The maximum atomic E-state index is 12.3. The van der Waals surface area contributed by atoms with E-state index in [0.717, 1.165) is 32.9 Å². The van der Waals surface area contributed by atoms with Crippen molar-refractivity contribution in [1.82, 2.24) is 0 Å². The number of ether oxygens (including phenoxy) is 1. The van der Waals surface area contributed by atoms with Crippen molar-refractivity contribution in [1.29, 1.82) is 0 Å². The highest BCUT2D eigenvalue weighted by Gasteiger charge is 2.14. The number of rotatable bonds is 3. The van der Waals surface area contributed by atoms with Crippen LogP contribution in [0.25, 0.3) is 21.7 Å².